The number of fused-ring (bicyclic) bond motifs is 1. The average Bonchev–Trinajstić information content (AvgIpc) is 3.20. The molecule has 0 radical (unpaired) electrons. The van der Waals surface area contributed by atoms with Crippen molar-refractivity contribution in [1.82, 2.24) is 24.6 Å². The van der Waals surface area contributed by atoms with Crippen molar-refractivity contribution < 1.29 is 9.53 Å². The summed E-state index contributed by atoms with van der Waals surface area (Å²) >= 11 is 1.53. The summed E-state index contributed by atoms with van der Waals surface area (Å²) in [7, 11) is 1.67. The molecule has 0 N–H and O–H groups in total. The molecule has 0 saturated carbocycles. The fourth-order valence-electron chi connectivity index (χ4n) is 3.86. The number of likely N-dealkylation sites (N-methyl/N-ethyl adjacent to an activating group) is 1. The molecule has 0 spiro atoms. The number of ether oxygens (including phenoxy) is 1. The van der Waals surface area contributed by atoms with Crippen LogP contribution < -0.4 is 4.74 Å². The average molecular weight is 388 g/mol. The summed E-state index contributed by atoms with van der Waals surface area (Å²) in [5.74, 6) is 1.46. The van der Waals surface area contributed by atoms with Gasteiger partial charge in [0.15, 0.2) is 5.16 Å². The number of aryl methyl sites for hydroxylation is 1. The summed E-state index contributed by atoms with van der Waals surface area (Å²) in [6, 6.07) is 8.04. The van der Waals surface area contributed by atoms with E-state index in [-0.39, 0.29) is 17.2 Å². The molecule has 27 heavy (non-hydrogen) atoms. The lowest BCUT2D eigenvalue weighted by Crippen LogP contribution is -2.50. The fourth-order valence-corrected chi connectivity index (χ4v) is 5.16. The number of aromatic nitrogens is 3. The Morgan fingerprint density at radius 1 is 1.30 bits per heavy atom. The molecular weight excluding hydrogens is 362 g/mol. The molecule has 0 amide bonds. The van der Waals surface area contributed by atoms with Gasteiger partial charge < -0.3 is 9.64 Å². The van der Waals surface area contributed by atoms with Gasteiger partial charge in [0.2, 0.25) is 0 Å². The van der Waals surface area contributed by atoms with Gasteiger partial charge in [-0.15, -0.1) is 5.10 Å². The van der Waals surface area contributed by atoms with E-state index in [0.29, 0.717) is 11.0 Å². The van der Waals surface area contributed by atoms with Crippen LogP contribution in [0.4, 0.5) is 0 Å². The molecule has 2 atom stereocenters. The van der Waals surface area contributed by atoms with Crippen molar-refractivity contribution in [1.29, 1.82) is 0 Å². The largest absolute Gasteiger partial charge is 0.497 e. The van der Waals surface area contributed by atoms with Crippen LogP contribution in [-0.4, -0.2) is 75.6 Å². The van der Waals surface area contributed by atoms with Crippen LogP contribution in [0.3, 0.4) is 0 Å². The molecule has 7 nitrogen and oxygen atoms in total. The number of nitrogens with zero attached hydrogens (tertiary/aromatic N) is 5. The Morgan fingerprint density at radius 2 is 2.07 bits per heavy atom. The standard InChI is InChI=1S/C19H25N5O2S/c1-4-22-8-10-23(11-9-22)16(14-6-5-7-15(12-14)26-3)17-18(25)24-19(27-17)20-13(2)21-24/h5-7,12,16-17H,4,8-11H2,1-3H3. The molecule has 2 aromatic rings. The number of carbonyl (C=O) groups excluding carboxylic acids is 1. The number of thioether (sulfide) groups is 1. The van der Waals surface area contributed by atoms with Gasteiger partial charge in [-0.2, -0.15) is 4.68 Å². The predicted molar refractivity (Wildman–Crippen MR) is 104 cm³/mol. The number of rotatable bonds is 5. The fraction of sp³-hybridized carbons (Fsp3) is 0.526. The van der Waals surface area contributed by atoms with Gasteiger partial charge in [-0.1, -0.05) is 30.8 Å². The second-order valence-corrected chi connectivity index (χ2v) is 8.03. The summed E-state index contributed by atoms with van der Waals surface area (Å²) in [6.45, 7) is 8.99. The van der Waals surface area contributed by atoms with Crippen molar-refractivity contribution in [2.24, 2.45) is 0 Å². The molecule has 1 saturated heterocycles. The lowest BCUT2D eigenvalue weighted by Gasteiger charge is -2.40. The third-order valence-corrected chi connectivity index (χ3v) is 6.53. The molecule has 1 fully saturated rings. The van der Waals surface area contributed by atoms with Gasteiger partial charge in [0.05, 0.1) is 13.2 Å². The summed E-state index contributed by atoms with van der Waals surface area (Å²) in [4.78, 5) is 22.4. The zero-order valence-electron chi connectivity index (χ0n) is 16.0. The number of hydrogen-bond donors (Lipinski definition) is 0. The molecule has 4 rings (SSSR count). The van der Waals surface area contributed by atoms with Crippen LogP contribution >= 0.6 is 11.8 Å². The van der Waals surface area contributed by atoms with Gasteiger partial charge in [0.25, 0.3) is 5.91 Å². The monoisotopic (exact) mass is 387 g/mol. The second-order valence-electron chi connectivity index (χ2n) is 6.92. The topological polar surface area (TPSA) is 63.5 Å². The van der Waals surface area contributed by atoms with E-state index in [0.717, 1.165) is 44.0 Å². The second kappa shape index (κ2) is 7.61. The van der Waals surface area contributed by atoms with E-state index in [1.54, 1.807) is 7.11 Å². The Labute approximate surface area is 163 Å². The maximum absolute atomic E-state index is 13.1. The molecule has 2 aliphatic heterocycles. The van der Waals surface area contributed by atoms with Crippen LogP contribution in [0.5, 0.6) is 5.75 Å². The van der Waals surface area contributed by atoms with Crippen LogP contribution in [0.1, 0.15) is 29.1 Å². The van der Waals surface area contributed by atoms with E-state index < -0.39 is 0 Å². The van der Waals surface area contributed by atoms with Gasteiger partial charge in [-0.05, 0) is 31.2 Å². The molecule has 0 aliphatic carbocycles. The van der Waals surface area contributed by atoms with Crippen molar-refractivity contribution in [3.05, 3.63) is 35.7 Å². The minimum absolute atomic E-state index is 0.0151. The molecule has 3 heterocycles. The summed E-state index contributed by atoms with van der Waals surface area (Å²) in [5.41, 5.74) is 1.10. The van der Waals surface area contributed by atoms with Crippen LogP contribution in [0, 0.1) is 6.92 Å². The van der Waals surface area contributed by atoms with E-state index in [1.165, 1.54) is 16.4 Å². The van der Waals surface area contributed by atoms with E-state index >= 15 is 0 Å². The minimum atomic E-state index is -0.249. The number of benzene rings is 1. The van der Waals surface area contributed by atoms with Crippen LogP contribution in [-0.2, 0) is 0 Å². The quantitative estimate of drug-likeness (QED) is 0.778. The van der Waals surface area contributed by atoms with Gasteiger partial charge in [-0.25, -0.2) is 4.98 Å². The smallest absolute Gasteiger partial charge is 0.264 e. The van der Waals surface area contributed by atoms with Crippen LogP contribution in [0.2, 0.25) is 0 Å². The van der Waals surface area contributed by atoms with E-state index in [1.807, 2.05) is 25.1 Å². The normalized spacial score (nSPS) is 22.0. The summed E-state index contributed by atoms with van der Waals surface area (Å²) in [5, 5.41) is 4.73. The van der Waals surface area contributed by atoms with Crippen molar-refractivity contribution >= 4 is 17.7 Å². The maximum Gasteiger partial charge on any atom is 0.264 e. The van der Waals surface area contributed by atoms with Gasteiger partial charge >= 0.3 is 0 Å². The molecule has 0 bridgehead atoms. The van der Waals surface area contributed by atoms with Crippen molar-refractivity contribution in [2.45, 2.75) is 30.3 Å². The SMILES string of the molecule is CCN1CCN(C(c2cccc(OC)c2)C2Sc3nc(C)nn3C2=O)CC1. The molecular formula is C19H25N5O2S. The summed E-state index contributed by atoms with van der Waals surface area (Å²) in [6.07, 6.45) is 0. The Hall–Kier alpha value is -1.90. The first-order chi connectivity index (χ1) is 13.1. The third kappa shape index (κ3) is 3.49. The first kappa shape index (κ1) is 18.5. The predicted octanol–water partition coefficient (Wildman–Crippen LogP) is 2.09. The third-order valence-electron chi connectivity index (χ3n) is 5.34. The number of carbonyl (C=O) groups is 1. The Bertz CT molecular complexity index is 831. The van der Waals surface area contributed by atoms with E-state index in [2.05, 4.69) is 32.9 Å². The van der Waals surface area contributed by atoms with Crippen LogP contribution in [0.15, 0.2) is 29.4 Å². The van der Waals surface area contributed by atoms with Crippen molar-refractivity contribution in [2.75, 3.05) is 39.8 Å². The minimum Gasteiger partial charge on any atom is -0.497 e. The highest BCUT2D eigenvalue weighted by Gasteiger charge is 2.43. The van der Waals surface area contributed by atoms with Crippen molar-refractivity contribution in [3.63, 3.8) is 0 Å². The Morgan fingerprint density at radius 3 is 2.74 bits per heavy atom. The molecule has 1 aromatic carbocycles. The number of methoxy groups -OCH3 is 1. The first-order valence-corrected chi connectivity index (χ1v) is 10.2. The zero-order valence-corrected chi connectivity index (χ0v) is 16.8. The molecule has 2 aliphatic rings. The molecule has 144 valence electrons. The van der Waals surface area contributed by atoms with Crippen molar-refractivity contribution in [3.8, 4) is 5.75 Å². The Balaban J connectivity index is 1.66. The summed E-state index contributed by atoms with van der Waals surface area (Å²) < 4.78 is 6.90. The van der Waals surface area contributed by atoms with Gasteiger partial charge in [0, 0.05) is 26.2 Å². The first-order valence-electron chi connectivity index (χ1n) is 9.35. The molecule has 2 unspecified atom stereocenters. The highest BCUT2D eigenvalue weighted by molar-refractivity contribution is 8.00. The maximum atomic E-state index is 13.1. The van der Waals surface area contributed by atoms with Gasteiger partial charge in [-0.3, -0.25) is 9.69 Å². The number of piperazine rings is 1. The van der Waals surface area contributed by atoms with E-state index in [4.69, 9.17) is 4.74 Å². The Kier molecular flexibility index (Phi) is 5.21. The van der Waals surface area contributed by atoms with E-state index in [9.17, 15) is 4.79 Å². The highest BCUT2D eigenvalue weighted by Crippen LogP contribution is 2.41. The highest BCUT2D eigenvalue weighted by atomic mass is 32.2. The van der Waals surface area contributed by atoms with Crippen LogP contribution in [0.25, 0.3) is 0 Å². The molecule has 1 aromatic heterocycles. The molecule has 8 heteroatoms. The zero-order chi connectivity index (χ0) is 19.0. The lowest BCUT2D eigenvalue weighted by atomic mass is 9.99. The lowest BCUT2D eigenvalue weighted by molar-refractivity contribution is 0.0738. The van der Waals surface area contributed by atoms with Gasteiger partial charge in [0.1, 0.15) is 16.8 Å². The number of hydrogen-bond acceptors (Lipinski definition) is 7.